The van der Waals surface area contributed by atoms with E-state index in [0.29, 0.717) is 0 Å². The van der Waals surface area contributed by atoms with Gasteiger partial charge in [-0.3, -0.25) is 4.79 Å². The van der Waals surface area contributed by atoms with Gasteiger partial charge in [-0.2, -0.15) is 0 Å². The molecule has 0 saturated carbocycles. The van der Waals surface area contributed by atoms with E-state index in [1.54, 1.807) is 0 Å². The molecule has 0 atom stereocenters. The third-order valence-corrected chi connectivity index (χ3v) is 2.19. The second-order valence-corrected chi connectivity index (χ2v) is 3.67. The number of hydrogen-bond acceptors (Lipinski definition) is 2. The van der Waals surface area contributed by atoms with Crippen molar-refractivity contribution in [1.82, 2.24) is 0 Å². The van der Waals surface area contributed by atoms with Crippen LogP contribution in [0.3, 0.4) is 0 Å². The molecule has 0 fully saturated rings. The van der Waals surface area contributed by atoms with Gasteiger partial charge in [-0.25, -0.2) is 0 Å². The highest BCUT2D eigenvalue weighted by molar-refractivity contribution is 5.64. The van der Waals surface area contributed by atoms with Gasteiger partial charge in [0.1, 0.15) is 6.29 Å². The normalized spacial score (nSPS) is 10.3. The summed E-state index contributed by atoms with van der Waals surface area (Å²) in [7, 11) is 0. The molecule has 0 heterocycles. The van der Waals surface area contributed by atoms with E-state index in [4.69, 9.17) is 5.11 Å². The number of benzene rings is 1. The van der Waals surface area contributed by atoms with Gasteiger partial charge in [0.2, 0.25) is 0 Å². The van der Waals surface area contributed by atoms with Crippen LogP contribution in [0.1, 0.15) is 25.3 Å². The van der Waals surface area contributed by atoms with Crippen molar-refractivity contribution in [3.05, 3.63) is 60.2 Å². The molecule has 0 saturated heterocycles. The molecule has 1 N–H and O–H groups in total. The van der Waals surface area contributed by atoms with Crippen molar-refractivity contribution in [1.29, 1.82) is 0 Å². The predicted octanol–water partition coefficient (Wildman–Crippen LogP) is 3.32. The van der Waals surface area contributed by atoms with E-state index in [2.05, 4.69) is 6.08 Å². The van der Waals surface area contributed by atoms with Gasteiger partial charge in [0, 0.05) is 6.61 Å². The smallest absolute Gasteiger partial charge is 0.142 e. The van der Waals surface area contributed by atoms with E-state index < -0.39 is 0 Å². The Kier molecular flexibility index (Phi) is 12.2. The molecule has 0 aromatic heterocycles. The van der Waals surface area contributed by atoms with Gasteiger partial charge in [0.05, 0.1) is 0 Å². The summed E-state index contributed by atoms with van der Waals surface area (Å²) >= 11 is 0. The van der Waals surface area contributed by atoms with E-state index in [1.807, 2.05) is 49.4 Å². The predicted molar refractivity (Wildman–Crippen MR) is 76.5 cm³/mol. The lowest BCUT2D eigenvalue weighted by Crippen LogP contribution is -1.88. The quantitative estimate of drug-likeness (QED) is 0.362. The van der Waals surface area contributed by atoms with Crippen LogP contribution in [0.5, 0.6) is 0 Å². The molecule has 0 amide bonds. The monoisotopic (exact) mass is 246 g/mol. The average molecular weight is 246 g/mol. The number of aldehydes is 1. The van der Waals surface area contributed by atoms with E-state index in [1.165, 1.54) is 11.6 Å². The highest BCUT2D eigenvalue weighted by Crippen LogP contribution is 1.97. The summed E-state index contributed by atoms with van der Waals surface area (Å²) in [6.07, 6.45) is 11.0. The molecular weight excluding hydrogens is 224 g/mol. The van der Waals surface area contributed by atoms with E-state index in [0.717, 1.165) is 25.5 Å². The first-order valence-electron chi connectivity index (χ1n) is 6.21. The number of unbranched alkanes of at least 4 members (excludes halogenated alkanes) is 1. The number of carbonyl (C=O) groups is 1. The summed E-state index contributed by atoms with van der Waals surface area (Å²) in [5.74, 6) is 0. The molecule has 0 spiro atoms. The van der Waals surface area contributed by atoms with E-state index >= 15 is 0 Å². The van der Waals surface area contributed by atoms with Gasteiger partial charge >= 0.3 is 0 Å². The first-order valence-corrected chi connectivity index (χ1v) is 6.21. The summed E-state index contributed by atoms with van der Waals surface area (Å²) in [5.41, 5.74) is 1.19. The van der Waals surface area contributed by atoms with Crippen molar-refractivity contribution in [3.8, 4) is 0 Å². The van der Waals surface area contributed by atoms with Crippen LogP contribution in [0, 0.1) is 0 Å². The highest BCUT2D eigenvalue weighted by Gasteiger charge is 1.85. The summed E-state index contributed by atoms with van der Waals surface area (Å²) in [5, 5.41) is 8.52. The lowest BCUT2D eigenvalue weighted by Gasteiger charge is -1.93. The maximum atomic E-state index is 9.73. The molecule has 0 radical (unpaired) electrons. The molecule has 0 bridgehead atoms. The molecule has 1 aromatic rings. The molecule has 2 nitrogen and oxygen atoms in total. The summed E-state index contributed by atoms with van der Waals surface area (Å²) < 4.78 is 0. The number of rotatable bonds is 6. The topological polar surface area (TPSA) is 37.3 Å². The second kappa shape index (κ2) is 13.4. The van der Waals surface area contributed by atoms with Gasteiger partial charge in [-0.15, -0.1) is 0 Å². The maximum absolute atomic E-state index is 9.73. The van der Waals surface area contributed by atoms with E-state index in [9.17, 15) is 4.79 Å². The van der Waals surface area contributed by atoms with Crippen molar-refractivity contribution in [2.45, 2.75) is 26.2 Å². The summed E-state index contributed by atoms with van der Waals surface area (Å²) in [6.45, 7) is 2.23. The van der Waals surface area contributed by atoms with E-state index in [-0.39, 0.29) is 6.61 Å². The minimum absolute atomic E-state index is 0.240. The Morgan fingerprint density at radius 1 is 1.11 bits per heavy atom. The number of aliphatic hydroxyl groups excluding tert-OH is 1. The third-order valence-electron chi connectivity index (χ3n) is 2.19. The van der Waals surface area contributed by atoms with Crippen molar-refractivity contribution in [2.75, 3.05) is 6.61 Å². The average Bonchev–Trinajstić information content (AvgIpc) is 2.41. The van der Waals surface area contributed by atoms with Gasteiger partial charge in [0.25, 0.3) is 0 Å². The second-order valence-electron chi connectivity index (χ2n) is 3.67. The molecule has 1 rings (SSSR count). The number of carbonyl (C=O) groups excluding carboxylic acids is 1. The van der Waals surface area contributed by atoms with Crippen LogP contribution in [0.2, 0.25) is 0 Å². The lowest BCUT2D eigenvalue weighted by molar-refractivity contribution is -0.104. The minimum Gasteiger partial charge on any atom is -0.396 e. The highest BCUT2D eigenvalue weighted by atomic mass is 16.2. The molecule has 0 aliphatic rings. The van der Waals surface area contributed by atoms with Crippen molar-refractivity contribution in [3.63, 3.8) is 0 Å². The number of allylic oxidation sites excluding steroid dienone is 4. The number of hydrogen-bond donors (Lipinski definition) is 1. The standard InChI is InChI=1S/C8H10O.C8H12O/c9-7-6-8-4-2-1-3-5-8;1-2-3-4-5-6-7-8-9/h1-5,9H,6-7H2;2-3,6-8H,4-5H2,1H3. The zero-order valence-corrected chi connectivity index (χ0v) is 11.0. The van der Waals surface area contributed by atoms with Crippen molar-refractivity contribution >= 4 is 6.29 Å². The van der Waals surface area contributed by atoms with Crippen molar-refractivity contribution in [2.24, 2.45) is 0 Å². The van der Waals surface area contributed by atoms with Crippen LogP contribution in [-0.4, -0.2) is 18.0 Å². The Balaban J connectivity index is 0.000000321. The molecule has 98 valence electrons. The molecule has 0 aliphatic carbocycles. The first kappa shape index (κ1) is 16.3. The SMILES string of the molecule is CC=CCCC=CC=O.OCCc1ccccc1. The Morgan fingerprint density at radius 3 is 2.33 bits per heavy atom. The fourth-order valence-corrected chi connectivity index (χ4v) is 1.28. The fourth-order valence-electron chi connectivity index (χ4n) is 1.28. The molecule has 1 aromatic carbocycles. The Morgan fingerprint density at radius 2 is 1.78 bits per heavy atom. The van der Waals surface area contributed by atoms with Crippen LogP contribution in [0.4, 0.5) is 0 Å². The molecule has 0 unspecified atom stereocenters. The molecular formula is C16H22O2. The fraction of sp³-hybridized carbons (Fsp3) is 0.312. The van der Waals surface area contributed by atoms with Gasteiger partial charge in [0.15, 0.2) is 0 Å². The zero-order chi connectivity index (χ0) is 13.5. The number of aliphatic hydroxyl groups is 1. The molecule has 0 aliphatic heterocycles. The Labute approximate surface area is 110 Å². The maximum Gasteiger partial charge on any atom is 0.142 e. The van der Waals surface area contributed by atoms with Crippen LogP contribution in [-0.2, 0) is 11.2 Å². The Hall–Kier alpha value is -1.67. The summed E-state index contributed by atoms with van der Waals surface area (Å²) in [6, 6.07) is 9.95. The largest absolute Gasteiger partial charge is 0.396 e. The molecule has 18 heavy (non-hydrogen) atoms. The molecule has 2 heteroatoms. The van der Waals surface area contributed by atoms with Crippen LogP contribution in [0.25, 0.3) is 0 Å². The van der Waals surface area contributed by atoms with Gasteiger partial charge in [-0.05, 0) is 37.8 Å². The minimum atomic E-state index is 0.240. The first-order chi connectivity index (χ1) is 8.85. The summed E-state index contributed by atoms with van der Waals surface area (Å²) in [4.78, 5) is 9.73. The van der Waals surface area contributed by atoms with Crippen molar-refractivity contribution < 1.29 is 9.90 Å². The van der Waals surface area contributed by atoms with Gasteiger partial charge < -0.3 is 5.11 Å². The van der Waals surface area contributed by atoms with Gasteiger partial charge in [-0.1, -0.05) is 48.6 Å². The zero-order valence-electron chi connectivity index (χ0n) is 11.0. The van der Waals surface area contributed by atoms with Crippen LogP contribution in [0.15, 0.2) is 54.6 Å². The lowest BCUT2D eigenvalue weighted by atomic mass is 10.2. The Bertz CT molecular complexity index is 339. The third kappa shape index (κ3) is 10.8. The van der Waals surface area contributed by atoms with Crippen LogP contribution >= 0.6 is 0 Å². The van der Waals surface area contributed by atoms with Crippen LogP contribution < -0.4 is 0 Å².